The number of rotatable bonds is 6. The van der Waals surface area contributed by atoms with Crippen molar-refractivity contribution in [1.82, 2.24) is 10.4 Å². The maximum atomic E-state index is 5.93. The molecule has 1 aromatic carbocycles. The maximum absolute atomic E-state index is 5.93. The second-order valence-corrected chi connectivity index (χ2v) is 4.70. The summed E-state index contributed by atoms with van der Waals surface area (Å²) in [6.07, 6.45) is 4.99. The first-order valence-corrected chi connectivity index (χ1v) is 6.50. The van der Waals surface area contributed by atoms with Crippen LogP contribution >= 0.6 is 0 Å². The van der Waals surface area contributed by atoms with E-state index in [9.17, 15) is 0 Å². The molecule has 20 heavy (non-hydrogen) atoms. The summed E-state index contributed by atoms with van der Waals surface area (Å²) in [7, 11) is 1.66. The number of ether oxygens (including phenoxy) is 1. The summed E-state index contributed by atoms with van der Waals surface area (Å²) in [6, 6.07) is 9.85. The van der Waals surface area contributed by atoms with Gasteiger partial charge in [0.25, 0.3) is 0 Å². The van der Waals surface area contributed by atoms with Crippen molar-refractivity contribution in [2.45, 2.75) is 18.9 Å². The smallest absolute Gasteiger partial charge is 0.119 e. The molecule has 5 heteroatoms. The van der Waals surface area contributed by atoms with Crippen LogP contribution < -0.4 is 21.7 Å². The number of nitrogens with two attached hydrogens (primary N) is 2. The Labute approximate surface area is 118 Å². The molecule has 2 aromatic rings. The van der Waals surface area contributed by atoms with Crippen LogP contribution in [0.25, 0.3) is 0 Å². The zero-order valence-corrected chi connectivity index (χ0v) is 11.5. The van der Waals surface area contributed by atoms with Crippen LogP contribution in [-0.2, 0) is 12.8 Å². The van der Waals surface area contributed by atoms with Crippen molar-refractivity contribution < 1.29 is 4.74 Å². The summed E-state index contributed by atoms with van der Waals surface area (Å²) in [5.41, 5.74) is 11.7. The molecule has 1 heterocycles. The normalized spacial score (nSPS) is 12.1. The Morgan fingerprint density at radius 2 is 2.15 bits per heavy atom. The fraction of sp³-hybridized carbons (Fsp3) is 0.267. The van der Waals surface area contributed by atoms with E-state index < -0.39 is 0 Å². The highest BCUT2D eigenvalue weighted by atomic mass is 16.5. The third kappa shape index (κ3) is 3.69. The minimum Gasteiger partial charge on any atom is -0.497 e. The van der Waals surface area contributed by atoms with Gasteiger partial charge in [-0.15, -0.1) is 0 Å². The van der Waals surface area contributed by atoms with E-state index >= 15 is 0 Å². The molecule has 5 nitrogen and oxygen atoms in total. The van der Waals surface area contributed by atoms with Crippen LogP contribution in [0.3, 0.4) is 0 Å². The molecule has 0 bridgehead atoms. The molecule has 0 aliphatic rings. The van der Waals surface area contributed by atoms with Gasteiger partial charge in [0.1, 0.15) is 5.75 Å². The number of methoxy groups -OCH3 is 1. The minimum absolute atomic E-state index is 0.0913. The number of hydrogen-bond acceptors (Lipinski definition) is 5. The Balaban J connectivity index is 2.07. The van der Waals surface area contributed by atoms with Gasteiger partial charge in [-0.3, -0.25) is 16.3 Å². The van der Waals surface area contributed by atoms with E-state index in [0.717, 1.165) is 35.4 Å². The van der Waals surface area contributed by atoms with Crippen LogP contribution in [0.4, 0.5) is 5.69 Å². The van der Waals surface area contributed by atoms with Crippen LogP contribution in [0.5, 0.6) is 5.75 Å². The molecule has 106 valence electrons. The zero-order chi connectivity index (χ0) is 14.4. The number of nitrogen functional groups attached to an aromatic ring is 1. The summed E-state index contributed by atoms with van der Waals surface area (Å²) >= 11 is 0. The van der Waals surface area contributed by atoms with Gasteiger partial charge >= 0.3 is 0 Å². The largest absolute Gasteiger partial charge is 0.497 e. The van der Waals surface area contributed by atoms with Gasteiger partial charge in [-0.25, -0.2) is 0 Å². The topological polar surface area (TPSA) is 86.2 Å². The van der Waals surface area contributed by atoms with Crippen molar-refractivity contribution in [2.75, 3.05) is 12.8 Å². The predicted molar refractivity (Wildman–Crippen MR) is 80.2 cm³/mol. The Morgan fingerprint density at radius 3 is 2.85 bits per heavy atom. The van der Waals surface area contributed by atoms with Crippen molar-refractivity contribution in [1.29, 1.82) is 0 Å². The van der Waals surface area contributed by atoms with E-state index in [4.69, 9.17) is 16.3 Å². The fourth-order valence-electron chi connectivity index (χ4n) is 2.15. The molecule has 0 radical (unpaired) electrons. The highest BCUT2D eigenvalue weighted by Crippen LogP contribution is 2.17. The Hall–Kier alpha value is -2.11. The fourth-order valence-corrected chi connectivity index (χ4v) is 2.15. The van der Waals surface area contributed by atoms with Gasteiger partial charge in [-0.1, -0.05) is 12.1 Å². The molecule has 2 rings (SSSR count). The van der Waals surface area contributed by atoms with Gasteiger partial charge < -0.3 is 10.5 Å². The molecule has 0 aliphatic carbocycles. The highest BCUT2D eigenvalue weighted by Gasteiger charge is 2.11. The number of aromatic nitrogens is 1. The van der Waals surface area contributed by atoms with E-state index in [1.54, 1.807) is 25.6 Å². The average molecular weight is 272 g/mol. The molecule has 0 saturated heterocycles. The standard InChI is InChI=1S/C15H20N4O/c1-20-14-4-2-3-11(8-14)7-13(19-17)9-12-10-18-6-5-15(12)16/h2-6,8,10,13,19H,7,9,17H2,1H3,(H2,16,18). The lowest BCUT2D eigenvalue weighted by atomic mass is 9.99. The maximum Gasteiger partial charge on any atom is 0.119 e. The second kappa shape index (κ2) is 6.88. The van der Waals surface area contributed by atoms with Gasteiger partial charge in [0.2, 0.25) is 0 Å². The molecular weight excluding hydrogens is 252 g/mol. The molecule has 0 saturated carbocycles. The number of nitrogens with zero attached hydrogens (tertiary/aromatic N) is 1. The molecule has 0 spiro atoms. The Kier molecular flexibility index (Phi) is 4.92. The first kappa shape index (κ1) is 14.3. The van der Waals surface area contributed by atoms with Crippen LogP contribution in [-0.4, -0.2) is 18.1 Å². The summed E-state index contributed by atoms with van der Waals surface area (Å²) in [4.78, 5) is 4.10. The van der Waals surface area contributed by atoms with Gasteiger partial charge in [0.05, 0.1) is 7.11 Å². The predicted octanol–water partition coefficient (Wildman–Crippen LogP) is 1.29. The van der Waals surface area contributed by atoms with Crippen molar-refractivity contribution in [3.8, 4) is 5.75 Å². The minimum atomic E-state index is 0.0913. The van der Waals surface area contributed by atoms with Crippen molar-refractivity contribution in [3.63, 3.8) is 0 Å². The monoisotopic (exact) mass is 272 g/mol. The van der Waals surface area contributed by atoms with Crippen molar-refractivity contribution in [2.24, 2.45) is 5.84 Å². The van der Waals surface area contributed by atoms with Gasteiger partial charge in [0.15, 0.2) is 0 Å². The van der Waals surface area contributed by atoms with E-state index in [1.807, 2.05) is 18.2 Å². The van der Waals surface area contributed by atoms with Crippen LogP contribution in [0.2, 0.25) is 0 Å². The van der Waals surface area contributed by atoms with E-state index in [1.165, 1.54) is 0 Å². The highest BCUT2D eigenvalue weighted by molar-refractivity contribution is 5.44. The zero-order valence-electron chi connectivity index (χ0n) is 11.5. The Morgan fingerprint density at radius 1 is 1.30 bits per heavy atom. The molecule has 0 aliphatic heterocycles. The van der Waals surface area contributed by atoms with Crippen molar-refractivity contribution in [3.05, 3.63) is 53.9 Å². The van der Waals surface area contributed by atoms with E-state index in [2.05, 4.69) is 16.5 Å². The van der Waals surface area contributed by atoms with Gasteiger partial charge in [0, 0.05) is 24.1 Å². The number of anilines is 1. The SMILES string of the molecule is COc1cccc(CC(Cc2cnccc2N)NN)c1. The quantitative estimate of drug-likeness (QED) is 0.545. The number of benzene rings is 1. The van der Waals surface area contributed by atoms with E-state index in [0.29, 0.717) is 0 Å². The van der Waals surface area contributed by atoms with E-state index in [-0.39, 0.29) is 6.04 Å². The lowest BCUT2D eigenvalue weighted by Crippen LogP contribution is -2.38. The third-order valence-electron chi connectivity index (χ3n) is 3.26. The first-order valence-electron chi connectivity index (χ1n) is 6.50. The molecule has 0 fully saturated rings. The number of hydrogen-bond donors (Lipinski definition) is 3. The molecule has 5 N–H and O–H groups in total. The third-order valence-corrected chi connectivity index (χ3v) is 3.26. The summed E-state index contributed by atoms with van der Waals surface area (Å²) < 4.78 is 5.23. The van der Waals surface area contributed by atoms with Crippen LogP contribution in [0.1, 0.15) is 11.1 Å². The van der Waals surface area contributed by atoms with Crippen molar-refractivity contribution >= 4 is 5.69 Å². The molecular formula is C15H20N4O. The lowest BCUT2D eigenvalue weighted by Gasteiger charge is -2.17. The molecule has 1 atom stereocenters. The summed E-state index contributed by atoms with van der Waals surface area (Å²) in [5.74, 6) is 6.49. The molecule has 1 unspecified atom stereocenters. The second-order valence-electron chi connectivity index (χ2n) is 4.70. The number of pyridine rings is 1. The lowest BCUT2D eigenvalue weighted by molar-refractivity contribution is 0.413. The summed E-state index contributed by atoms with van der Waals surface area (Å²) in [6.45, 7) is 0. The average Bonchev–Trinajstić information content (AvgIpc) is 2.49. The summed E-state index contributed by atoms with van der Waals surface area (Å²) in [5, 5.41) is 0. The van der Waals surface area contributed by atoms with Gasteiger partial charge in [-0.05, 0) is 42.2 Å². The number of hydrazine groups is 1. The number of nitrogens with one attached hydrogen (secondary N) is 1. The van der Waals surface area contributed by atoms with Gasteiger partial charge in [-0.2, -0.15) is 0 Å². The first-order chi connectivity index (χ1) is 9.72. The van der Waals surface area contributed by atoms with Crippen LogP contribution in [0, 0.1) is 0 Å². The Bertz CT molecular complexity index is 559. The van der Waals surface area contributed by atoms with Crippen LogP contribution in [0.15, 0.2) is 42.7 Å². The molecule has 1 aromatic heterocycles. The molecule has 0 amide bonds.